The third kappa shape index (κ3) is 8.47. The molecule has 3 aliphatic rings. The zero-order chi connectivity index (χ0) is 32.1. The van der Waals surface area contributed by atoms with E-state index >= 15 is 0 Å². The molecular formula is C29H36F4N6O5S. The number of carbonyl (C=O) groups excluding carboxylic acids is 2. The summed E-state index contributed by atoms with van der Waals surface area (Å²) in [6, 6.07) is 2.53. The van der Waals surface area contributed by atoms with E-state index in [-0.39, 0.29) is 47.8 Å². The third-order valence-electron chi connectivity index (χ3n) is 8.66. The zero-order valence-corrected chi connectivity index (χ0v) is 25.4. The van der Waals surface area contributed by atoms with Crippen molar-refractivity contribution in [3.05, 3.63) is 47.3 Å². The number of anilines is 1. The zero-order valence-electron chi connectivity index (χ0n) is 24.6. The molecule has 0 radical (unpaired) electrons. The van der Waals surface area contributed by atoms with Gasteiger partial charge in [0.2, 0.25) is 27.8 Å². The van der Waals surface area contributed by atoms with Crippen molar-refractivity contribution in [3.8, 4) is 5.75 Å². The number of benzene rings is 1. The Labute approximate surface area is 258 Å². The highest BCUT2D eigenvalue weighted by molar-refractivity contribution is 7.89. The minimum atomic E-state index is -3.45. The molecule has 0 bridgehead atoms. The van der Waals surface area contributed by atoms with Gasteiger partial charge in [-0.2, -0.15) is 8.78 Å². The maximum absolute atomic E-state index is 15.0. The predicted molar refractivity (Wildman–Crippen MR) is 155 cm³/mol. The summed E-state index contributed by atoms with van der Waals surface area (Å²) in [5, 5.41) is 5.24. The first kappa shape index (κ1) is 33.0. The van der Waals surface area contributed by atoms with E-state index in [2.05, 4.69) is 30.2 Å². The Bertz CT molecular complexity index is 1440. The van der Waals surface area contributed by atoms with Crippen molar-refractivity contribution in [3.63, 3.8) is 0 Å². The van der Waals surface area contributed by atoms with Crippen LogP contribution in [0.25, 0.3) is 0 Å². The van der Waals surface area contributed by atoms with Gasteiger partial charge in [0.05, 0.1) is 24.1 Å². The molecule has 3 fully saturated rings. The van der Waals surface area contributed by atoms with Crippen molar-refractivity contribution in [2.45, 2.75) is 69.4 Å². The number of piperidine rings is 3. The Hall–Kier alpha value is -3.37. The SMILES string of the molecule is O=C1CCC(c2c(F)cc(C3CCN(CCCS(=O)(=O)N4CCC(Nc5ncc(OC(F)F)cn5)CC4)CC3)cc2F)C(=O)N1. The van der Waals surface area contributed by atoms with E-state index in [4.69, 9.17) is 0 Å². The fourth-order valence-corrected chi connectivity index (χ4v) is 7.77. The second kappa shape index (κ2) is 14.4. The molecule has 2 aromatic rings. The molecule has 1 atom stereocenters. The summed E-state index contributed by atoms with van der Waals surface area (Å²) >= 11 is 0. The highest BCUT2D eigenvalue weighted by Crippen LogP contribution is 2.34. The summed E-state index contributed by atoms with van der Waals surface area (Å²) < 4.78 is 86.2. The molecule has 246 valence electrons. The second-order valence-corrected chi connectivity index (χ2v) is 13.7. The van der Waals surface area contributed by atoms with Crippen molar-refractivity contribution in [2.24, 2.45) is 0 Å². The summed E-state index contributed by atoms with van der Waals surface area (Å²) in [6.07, 6.45) is 5.25. The lowest BCUT2D eigenvalue weighted by molar-refractivity contribution is -0.134. The van der Waals surface area contributed by atoms with Crippen LogP contribution >= 0.6 is 0 Å². The molecule has 0 aliphatic carbocycles. The van der Waals surface area contributed by atoms with Crippen molar-refractivity contribution in [2.75, 3.05) is 43.8 Å². The van der Waals surface area contributed by atoms with Crippen LogP contribution in [0.4, 0.5) is 23.5 Å². The molecule has 5 rings (SSSR count). The number of nitrogens with zero attached hydrogens (tertiary/aromatic N) is 4. The van der Waals surface area contributed by atoms with Gasteiger partial charge in [-0.05, 0) is 81.8 Å². The summed E-state index contributed by atoms with van der Waals surface area (Å²) in [5.74, 6) is -3.67. The van der Waals surface area contributed by atoms with Crippen LogP contribution in [0.3, 0.4) is 0 Å². The Kier molecular flexibility index (Phi) is 10.5. The second-order valence-electron chi connectivity index (χ2n) is 11.6. The number of carbonyl (C=O) groups is 2. The molecule has 2 amide bonds. The molecule has 4 heterocycles. The quantitative estimate of drug-likeness (QED) is 0.276. The van der Waals surface area contributed by atoms with Crippen LogP contribution in [-0.2, 0) is 19.6 Å². The lowest BCUT2D eigenvalue weighted by atomic mass is 9.85. The molecular weight excluding hydrogens is 620 g/mol. The van der Waals surface area contributed by atoms with Gasteiger partial charge in [-0.1, -0.05) is 0 Å². The fourth-order valence-electron chi connectivity index (χ4n) is 6.25. The summed E-state index contributed by atoms with van der Waals surface area (Å²) in [6.45, 7) is -0.367. The average molecular weight is 657 g/mol. The van der Waals surface area contributed by atoms with Crippen molar-refractivity contribution >= 4 is 27.8 Å². The number of halogens is 4. The highest BCUT2D eigenvalue weighted by Gasteiger charge is 2.34. The van der Waals surface area contributed by atoms with Gasteiger partial charge in [0, 0.05) is 31.1 Å². The van der Waals surface area contributed by atoms with Gasteiger partial charge in [-0.3, -0.25) is 14.9 Å². The monoisotopic (exact) mass is 656 g/mol. The topological polar surface area (TPSA) is 134 Å². The highest BCUT2D eigenvalue weighted by atomic mass is 32.2. The molecule has 2 N–H and O–H groups in total. The summed E-state index contributed by atoms with van der Waals surface area (Å²) in [5.41, 5.74) is 0.234. The van der Waals surface area contributed by atoms with Crippen LogP contribution in [0, 0.1) is 11.6 Å². The molecule has 3 saturated heterocycles. The van der Waals surface area contributed by atoms with E-state index in [1.807, 2.05) is 0 Å². The van der Waals surface area contributed by atoms with E-state index in [1.165, 1.54) is 16.4 Å². The van der Waals surface area contributed by atoms with Crippen LogP contribution < -0.4 is 15.4 Å². The number of alkyl halides is 2. The number of sulfonamides is 1. The molecule has 1 aromatic carbocycles. The Balaban J connectivity index is 1.03. The van der Waals surface area contributed by atoms with E-state index in [9.17, 15) is 35.6 Å². The smallest absolute Gasteiger partial charge is 0.387 e. The van der Waals surface area contributed by atoms with E-state index in [1.54, 1.807) is 0 Å². The summed E-state index contributed by atoms with van der Waals surface area (Å²) in [4.78, 5) is 33.6. The van der Waals surface area contributed by atoms with Crippen LogP contribution in [-0.4, -0.2) is 90.5 Å². The first-order valence-electron chi connectivity index (χ1n) is 15.0. The molecule has 0 spiro atoms. The molecule has 1 aromatic heterocycles. The lowest BCUT2D eigenvalue weighted by Crippen LogP contribution is -2.44. The fraction of sp³-hybridized carbons (Fsp3) is 0.586. The van der Waals surface area contributed by atoms with Crippen LogP contribution in [0.5, 0.6) is 5.75 Å². The van der Waals surface area contributed by atoms with E-state index in [0.29, 0.717) is 70.4 Å². The molecule has 3 aliphatic heterocycles. The Morgan fingerprint density at radius 3 is 2.22 bits per heavy atom. The van der Waals surface area contributed by atoms with Crippen LogP contribution in [0.15, 0.2) is 24.5 Å². The molecule has 16 heteroatoms. The maximum Gasteiger partial charge on any atom is 0.387 e. The Morgan fingerprint density at radius 2 is 1.62 bits per heavy atom. The van der Waals surface area contributed by atoms with E-state index in [0.717, 1.165) is 12.4 Å². The lowest BCUT2D eigenvalue weighted by Gasteiger charge is -2.33. The van der Waals surface area contributed by atoms with Gasteiger partial charge in [-0.25, -0.2) is 31.5 Å². The van der Waals surface area contributed by atoms with Crippen LogP contribution in [0.1, 0.15) is 67.9 Å². The number of likely N-dealkylation sites (tertiary alicyclic amines) is 1. The van der Waals surface area contributed by atoms with Gasteiger partial charge >= 0.3 is 6.61 Å². The van der Waals surface area contributed by atoms with Gasteiger partial charge in [-0.15, -0.1) is 0 Å². The van der Waals surface area contributed by atoms with Crippen molar-refractivity contribution < 1.29 is 40.3 Å². The van der Waals surface area contributed by atoms with Gasteiger partial charge < -0.3 is 15.0 Å². The number of hydrogen-bond acceptors (Lipinski definition) is 9. The number of amides is 2. The van der Waals surface area contributed by atoms with Crippen molar-refractivity contribution in [1.82, 2.24) is 24.5 Å². The predicted octanol–water partition coefficient (Wildman–Crippen LogP) is 3.35. The number of ether oxygens (including phenoxy) is 1. The normalized spacial score (nSPS) is 21.2. The number of aromatic nitrogens is 2. The number of rotatable bonds is 11. The summed E-state index contributed by atoms with van der Waals surface area (Å²) in [7, 11) is -3.45. The maximum atomic E-state index is 15.0. The first-order chi connectivity index (χ1) is 21.5. The van der Waals surface area contributed by atoms with Gasteiger partial charge in [0.25, 0.3) is 0 Å². The average Bonchev–Trinajstić information content (AvgIpc) is 2.99. The minimum Gasteiger partial charge on any atom is -0.432 e. The third-order valence-corrected chi connectivity index (χ3v) is 10.6. The van der Waals surface area contributed by atoms with Gasteiger partial charge in [0.15, 0.2) is 5.75 Å². The molecule has 11 nitrogen and oxygen atoms in total. The number of hydrogen-bond donors (Lipinski definition) is 2. The van der Waals surface area contributed by atoms with Gasteiger partial charge in [0.1, 0.15) is 11.6 Å². The largest absolute Gasteiger partial charge is 0.432 e. The van der Waals surface area contributed by atoms with E-state index < -0.39 is 46.0 Å². The minimum absolute atomic E-state index is 0.0119. The van der Waals surface area contributed by atoms with Crippen LogP contribution in [0.2, 0.25) is 0 Å². The molecule has 0 saturated carbocycles. The molecule has 1 unspecified atom stereocenters. The number of imide groups is 1. The Morgan fingerprint density at radius 1 is 0.978 bits per heavy atom. The van der Waals surface area contributed by atoms with Crippen molar-refractivity contribution in [1.29, 1.82) is 0 Å². The molecule has 45 heavy (non-hydrogen) atoms. The number of nitrogens with one attached hydrogen (secondary N) is 2. The standard InChI is InChI=1S/C29H36F4N6O5S/c30-23-14-19(15-24(31)26(23)22-2-3-25(40)37-27(22)41)18-4-9-38(10-5-18)8-1-13-45(42,43)39-11-6-20(7-12-39)36-29-34-16-21(17-35-29)44-28(32)33/h14-18,20,22,28H,1-13H2,(H,34,35,36)(H,37,40,41). The first-order valence-corrected chi connectivity index (χ1v) is 16.7.